The number of hydrogen-bond donors (Lipinski definition) is 2. The Labute approximate surface area is 99.3 Å². The third-order valence-corrected chi connectivity index (χ3v) is 3.22. The molecule has 1 fully saturated rings. The van der Waals surface area contributed by atoms with Crippen LogP contribution in [-0.4, -0.2) is 34.8 Å². The second-order valence-electron chi connectivity index (χ2n) is 4.27. The number of nitrogen functional groups attached to an aromatic ring is 1. The maximum atomic E-state index is 9.21. The van der Waals surface area contributed by atoms with E-state index >= 15 is 0 Å². The summed E-state index contributed by atoms with van der Waals surface area (Å²) in [7, 11) is 1.92. The average molecular weight is 243 g/mol. The summed E-state index contributed by atoms with van der Waals surface area (Å²) in [4.78, 5) is 9.88. The maximum Gasteiger partial charge on any atom is 0.157 e. The molecule has 0 aromatic carbocycles. The zero-order chi connectivity index (χ0) is 11.7. The fraction of sp³-hybridized carbons (Fsp3) is 0.600. The molecule has 6 heteroatoms. The fourth-order valence-electron chi connectivity index (χ4n) is 1.99. The topological polar surface area (TPSA) is 75.3 Å². The molecular formula is C10H15ClN4O. The molecule has 1 aromatic heterocycles. The second-order valence-corrected chi connectivity index (χ2v) is 4.63. The van der Waals surface area contributed by atoms with Gasteiger partial charge in [0, 0.05) is 13.6 Å². The van der Waals surface area contributed by atoms with Crippen LogP contribution in [-0.2, 0) is 0 Å². The van der Waals surface area contributed by atoms with E-state index in [1.165, 1.54) is 6.33 Å². The molecule has 1 saturated carbocycles. The zero-order valence-corrected chi connectivity index (χ0v) is 9.85. The standard InChI is InChI=1S/C10H15ClN4O/c1-15(4-6-2-7(16)3-6)10-8(12)9(11)13-5-14-10/h5-7,16H,2-4,12H2,1H3. The van der Waals surface area contributed by atoms with Crippen LogP contribution in [0, 0.1) is 5.92 Å². The van der Waals surface area contributed by atoms with Crippen LogP contribution in [0.25, 0.3) is 0 Å². The highest BCUT2D eigenvalue weighted by Crippen LogP contribution is 2.31. The van der Waals surface area contributed by atoms with Gasteiger partial charge in [-0.05, 0) is 18.8 Å². The number of anilines is 2. The van der Waals surface area contributed by atoms with Gasteiger partial charge in [-0.25, -0.2) is 9.97 Å². The van der Waals surface area contributed by atoms with Crippen LogP contribution < -0.4 is 10.6 Å². The number of aliphatic hydroxyl groups is 1. The number of rotatable bonds is 3. The van der Waals surface area contributed by atoms with Crippen LogP contribution in [0.4, 0.5) is 11.5 Å². The average Bonchev–Trinajstić information content (AvgIpc) is 2.19. The molecule has 0 radical (unpaired) electrons. The van der Waals surface area contributed by atoms with Crippen LogP contribution in [0.5, 0.6) is 0 Å². The number of hydrogen-bond acceptors (Lipinski definition) is 5. The Balaban J connectivity index is 2.03. The molecule has 88 valence electrons. The second kappa shape index (κ2) is 4.43. The van der Waals surface area contributed by atoms with Gasteiger partial charge >= 0.3 is 0 Å². The summed E-state index contributed by atoms with van der Waals surface area (Å²) < 4.78 is 0. The monoisotopic (exact) mass is 242 g/mol. The number of nitrogens with zero attached hydrogens (tertiary/aromatic N) is 3. The first-order valence-electron chi connectivity index (χ1n) is 5.23. The highest BCUT2D eigenvalue weighted by molar-refractivity contribution is 6.32. The lowest BCUT2D eigenvalue weighted by atomic mass is 9.82. The van der Waals surface area contributed by atoms with Gasteiger partial charge in [-0.3, -0.25) is 0 Å². The SMILES string of the molecule is CN(CC1CC(O)C1)c1ncnc(Cl)c1N. The first-order valence-corrected chi connectivity index (χ1v) is 5.61. The number of halogens is 1. The van der Waals surface area contributed by atoms with Gasteiger partial charge in [0.1, 0.15) is 12.0 Å². The summed E-state index contributed by atoms with van der Waals surface area (Å²) in [5.41, 5.74) is 6.21. The van der Waals surface area contributed by atoms with Crippen LogP contribution in [0.1, 0.15) is 12.8 Å². The van der Waals surface area contributed by atoms with Gasteiger partial charge in [0.25, 0.3) is 0 Å². The highest BCUT2D eigenvalue weighted by atomic mass is 35.5. The van der Waals surface area contributed by atoms with Crippen molar-refractivity contribution >= 4 is 23.1 Å². The van der Waals surface area contributed by atoms with Crippen molar-refractivity contribution in [1.29, 1.82) is 0 Å². The highest BCUT2D eigenvalue weighted by Gasteiger charge is 2.28. The summed E-state index contributed by atoms with van der Waals surface area (Å²) >= 11 is 5.82. The molecule has 1 heterocycles. The van der Waals surface area contributed by atoms with Gasteiger partial charge in [0.05, 0.1) is 6.10 Å². The lowest BCUT2D eigenvalue weighted by Gasteiger charge is -2.35. The third kappa shape index (κ3) is 2.20. The summed E-state index contributed by atoms with van der Waals surface area (Å²) in [6, 6.07) is 0. The Bertz CT molecular complexity index is 381. The Morgan fingerprint density at radius 2 is 2.25 bits per heavy atom. The van der Waals surface area contributed by atoms with Crippen molar-refractivity contribution in [2.75, 3.05) is 24.2 Å². The molecule has 1 aliphatic rings. The number of aromatic nitrogens is 2. The molecule has 1 aromatic rings. The van der Waals surface area contributed by atoms with Crippen LogP contribution in [0.3, 0.4) is 0 Å². The van der Waals surface area contributed by atoms with E-state index in [4.69, 9.17) is 17.3 Å². The van der Waals surface area contributed by atoms with E-state index < -0.39 is 0 Å². The fourth-order valence-corrected chi connectivity index (χ4v) is 2.12. The van der Waals surface area contributed by atoms with Gasteiger partial charge in [-0.15, -0.1) is 0 Å². The minimum absolute atomic E-state index is 0.135. The van der Waals surface area contributed by atoms with Crippen molar-refractivity contribution in [2.45, 2.75) is 18.9 Å². The summed E-state index contributed by atoms with van der Waals surface area (Å²) in [6.45, 7) is 0.828. The van der Waals surface area contributed by atoms with Gasteiger partial charge < -0.3 is 15.7 Å². The molecule has 16 heavy (non-hydrogen) atoms. The summed E-state index contributed by atoms with van der Waals surface area (Å²) in [5.74, 6) is 1.16. The predicted molar refractivity (Wildman–Crippen MR) is 63.5 cm³/mol. The third-order valence-electron chi connectivity index (χ3n) is 2.92. The normalized spacial score (nSPS) is 23.9. The van der Waals surface area contributed by atoms with Gasteiger partial charge in [0.2, 0.25) is 0 Å². The molecular weight excluding hydrogens is 228 g/mol. The Hall–Kier alpha value is -1.07. The van der Waals surface area contributed by atoms with E-state index in [1.807, 2.05) is 11.9 Å². The van der Waals surface area contributed by atoms with Crippen LogP contribution >= 0.6 is 11.6 Å². The van der Waals surface area contributed by atoms with Crippen molar-refractivity contribution < 1.29 is 5.11 Å². The molecule has 0 unspecified atom stereocenters. The molecule has 2 rings (SSSR count). The molecule has 0 aliphatic heterocycles. The quantitative estimate of drug-likeness (QED) is 0.771. The van der Waals surface area contributed by atoms with Crippen molar-refractivity contribution in [3.05, 3.63) is 11.5 Å². The number of aliphatic hydroxyl groups excluding tert-OH is 1. The lowest BCUT2D eigenvalue weighted by molar-refractivity contribution is 0.0464. The van der Waals surface area contributed by atoms with Crippen LogP contribution in [0.2, 0.25) is 5.15 Å². The molecule has 5 nitrogen and oxygen atoms in total. The first kappa shape index (κ1) is 11.4. The molecule has 0 amide bonds. The Kier molecular flexibility index (Phi) is 3.16. The summed E-state index contributed by atoms with van der Waals surface area (Å²) in [6.07, 6.45) is 2.97. The molecule has 1 aliphatic carbocycles. The van der Waals surface area contributed by atoms with Gasteiger partial charge in [-0.1, -0.05) is 11.6 Å². The molecule has 0 spiro atoms. The Morgan fingerprint density at radius 3 is 2.88 bits per heavy atom. The first-order chi connectivity index (χ1) is 7.58. The van der Waals surface area contributed by atoms with E-state index in [1.54, 1.807) is 0 Å². The van der Waals surface area contributed by atoms with Gasteiger partial charge in [0.15, 0.2) is 11.0 Å². The minimum atomic E-state index is -0.135. The molecule has 0 bridgehead atoms. The number of nitrogens with two attached hydrogens (primary N) is 1. The largest absolute Gasteiger partial charge is 0.393 e. The van der Waals surface area contributed by atoms with Crippen molar-refractivity contribution in [1.82, 2.24) is 9.97 Å². The smallest absolute Gasteiger partial charge is 0.157 e. The zero-order valence-electron chi connectivity index (χ0n) is 9.10. The molecule has 3 N–H and O–H groups in total. The van der Waals surface area contributed by atoms with E-state index in [9.17, 15) is 5.11 Å². The minimum Gasteiger partial charge on any atom is -0.393 e. The van der Waals surface area contributed by atoms with E-state index in [2.05, 4.69) is 9.97 Å². The van der Waals surface area contributed by atoms with Crippen LogP contribution in [0.15, 0.2) is 6.33 Å². The van der Waals surface area contributed by atoms with Crippen molar-refractivity contribution in [3.63, 3.8) is 0 Å². The predicted octanol–water partition coefficient (Wildman–Crippen LogP) is 0.919. The lowest BCUT2D eigenvalue weighted by Crippen LogP contribution is -2.37. The van der Waals surface area contributed by atoms with Crippen molar-refractivity contribution in [2.24, 2.45) is 5.92 Å². The Morgan fingerprint density at radius 1 is 1.56 bits per heavy atom. The van der Waals surface area contributed by atoms with E-state index in [0.717, 1.165) is 19.4 Å². The molecule has 0 saturated heterocycles. The maximum absolute atomic E-state index is 9.21. The molecule has 0 atom stereocenters. The van der Waals surface area contributed by atoms with Crippen molar-refractivity contribution in [3.8, 4) is 0 Å². The van der Waals surface area contributed by atoms with Gasteiger partial charge in [-0.2, -0.15) is 0 Å². The van der Waals surface area contributed by atoms with E-state index in [-0.39, 0.29) is 11.3 Å². The van der Waals surface area contributed by atoms with E-state index in [0.29, 0.717) is 17.4 Å². The summed E-state index contributed by atoms with van der Waals surface area (Å²) in [5, 5.41) is 9.49.